The Bertz CT molecular complexity index is 848. The summed E-state index contributed by atoms with van der Waals surface area (Å²) in [5, 5.41) is 0. The Kier molecular flexibility index (Phi) is 5.64. The van der Waals surface area contributed by atoms with Crippen molar-refractivity contribution in [3.8, 4) is 5.75 Å². The minimum absolute atomic E-state index is 0.00466. The summed E-state index contributed by atoms with van der Waals surface area (Å²) in [5.41, 5.74) is 0.818. The first-order chi connectivity index (χ1) is 14.2. The number of pyridine rings is 1. The van der Waals surface area contributed by atoms with Crippen LogP contribution in [0.4, 0.5) is 11.5 Å². The van der Waals surface area contributed by atoms with Crippen LogP contribution in [0.5, 0.6) is 5.75 Å². The molecule has 0 aliphatic carbocycles. The molecule has 2 aromatic rings. The van der Waals surface area contributed by atoms with Crippen molar-refractivity contribution in [3.63, 3.8) is 0 Å². The summed E-state index contributed by atoms with van der Waals surface area (Å²) in [7, 11) is 0. The Morgan fingerprint density at radius 3 is 2.52 bits per heavy atom. The second-order valence-corrected chi connectivity index (χ2v) is 7.39. The lowest BCUT2D eigenvalue weighted by Gasteiger charge is -2.32. The molecule has 0 radical (unpaired) electrons. The fourth-order valence-corrected chi connectivity index (χ4v) is 4.02. The van der Waals surface area contributed by atoms with Gasteiger partial charge in [-0.15, -0.1) is 0 Å². The number of rotatable bonds is 5. The van der Waals surface area contributed by atoms with Gasteiger partial charge < -0.3 is 14.5 Å². The Morgan fingerprint density at radius 1 is 1.10 bits per heavy atom. The molecule has 0 spiro atoms. The van der Waals surface area contributed by atoms with Gasteiger partial charge in [-0.05, 0) is 37.3 Å². The first kappa shape index (κ1) is 19.2. The average molecular weight is 395 g/mol. The van der Waals surface area contributed by atoms with Crippen molar-refractivity contribution in [3.05, 3.63) is 48.7 Å². The summed E-state index contributed by atoms with van der Waals surface area (Å²) < 4.78 is 5.46. The first-order valence-corrected chi connectivity index (χ1v) is 10.2. The van der Waals surface area contributed by atoms with Gasteiger partial charge in [0.15, 0.2) is 0 Å². The van der Waals surface area contributed by atoms with E-state index in [1.54, 1.807) is 4.90 Å². The normalized spacial score (nSPS) is 19.6. The van der Waals surface area contributed by atoms with Crippen LogP contribution in [0, 0.1) is 5.92 Å². The number of anilines is 2. The van der Waals surface area contributed by atoms with E-state index in [2.05, 4.69) is 9.88 Å². The molecule has 2 amide bonds. The Balaban J connectivity index is 1.35. The number of aromatic nitrogens is 1. The van der Waals surface area contributed by atoms with Gasteiger partial charge in [0.05, 0.1) is 31.8 Å². The van der Waals surface area contributed by atoms with Crippen LogP contribution in [0.3, 0.4) is 0 Å². The van der Waals surface area contributed by atoms with Gasteiger partial charge in [0.2, 0.25) is 11.8 Å². The molecule has 1 atom stereocenters. The van der Waals surface area contributed by atoms with E-state index in [-0.39, 0.29) is 24.2 Å². The van der Waals surface area contributed by atoms with Crippen molar-refractivity contribution < 1.29 is 19.3 Å². The highest BCUT2D eigenvalue weighted by atomic mass is 16.5. The van der Waals surface area contributed by atoms with Crippen molar-refractivity contribution in [2.45, 2.75) is 13.3 Å². The summed E-state index contributed by atoms with van der Waals surface area (Å²) in [4.78, 5) is 34.6. The van der Waals surface area contributed by atoms with Gasteiger partial charge in [-0.1, -0.05) is 6.07 Å². The van der Waals surface area contributed by atoms with E-state index in [9.17, 15) is 9.59 Å². The third-order valence-corrected chi connectivity index (χ3v) is 5.56. The molecule has 0 bridgehead atoms. The van der Waals surface area contributed by atoms with E-state index in [0.717, 1.165) is 30.3 Å². The van der Waals surface area contributed by atoms with Crippen LogP contribution in [0.1, 0.15) is 13.3 Å². The fourth-order valence-electron chi connectivity index (χ4n) is 4.02. The van der Waals surface area contributed by atoms with E-state index >= 15 is 0 Å². The molecule has 152 valence electrons. The van der Waals surface area contributed by atoms with E-state index in [1.165, 1.54) is 0 Å². The second-order valence-electron chi connectivity index (χ2n) is 7.39. The van der Waals surface area contributed by atoms with Crippen LogP contribution in [0.2, 0.25) is 0 Å². The zero-order chi connectivity index (χ0) is 20.2. The maximum absolute atomic E-state index is 13.0. The SMILES string of the molecule is CCOc1ccc(N2C[C@@H](C(=O)N3CCN(c4cccc[nH+]4)CC3)CC2=O)cc1. The molecule has 3 heterocycles. The molecule has 0 unspecified atom stereocenters. The molecule has 2 fully saturated rings. The Hall–Kier alpha value is -3.09. The van der Waals surface area contributed by atoms with Gasteiger partial charge in [0, 0.05) is 24.7 Å². The molecule has 2 aliphatic rings. The molecular formula is C22H27N4O3+. The highest BCUT2D eigenvalue weighted by Crippen LogP contribution is 2.28. The van der Waals surface area contributed by atoms with E-state index in [4.69, 9.17) is 4.74 Å². The van der Waals surface area contributed by atoms with Crippen molar-refractivity contribution in [2.75, 3.05) is 49.1 Å². The molecule has 7 nitrogen and oxygen atoms in total. The lowest BCUT2D eigenvalue weighted by atomic mass is 10.1. The highest BCUT2D eigenvalue weighted by molar-refractivity contribution is 6.00. The molecule has 1 aromatic heterocycles. The number of nitrogens with one attached hydrogen (secondary N) is 1. The zero-order valence-electron chi connectivity index (χ0n) is 16.7. The smallest absolute Gasteiger partial charge is 0.274 e. The van der Waals surface area contributed by atoms with Crippen molar-refractivity contribution in [2.24, 2.45) is 5.92 Å². The summed E-state index contributed by atoms with van der Waals surface area (Å²) in [6.07, 6.45) is 2.19. The number of carbonyl (C=O) groups excluding carboxylic acids is 2. The second kappa shape index (κ2) is 8.51. The topological polar surface area (TPSA) is 67.2 Å². The molecule has 2 saturated heterocycles. The number of hydrogen-bond donors (Lipinski definition) is 0. The number of piperazine rings is 1. The van der Waals surface area contributed by atoms with Gasteiger partial charge in [-0.25, -0.2) is 4.98 Å². The quantitative estimate of drug-likeness (QED) is 0.771. The maximum atomic E-state index is 13.0. The predicted molar refractivity (Wildman–Crippen MR) is 110 cm³/mol. The number of nitrogens with zero attached hydrogens (tertiary/aromatic N) is 3. The van der Waals surface area contributed by atoms with Gasteiger partial charge in [-0.3, -0.25) is 14.5 Å². The van der Waals surface area contributed by atoms with Crippen LogP contribution < -0.4 is 19.5 Å². The minimum atomic E-state index is -0.274. The van der Waals surface area contributed by atoms with Crippen molar-refractivity contribution in [1.29, 1.82) is 0 Å². The number of ether oxygens (including phenoxy) is 1. The molecule has 1 N–H and O–H groups in total. The number of amides is 2. The third kappa shape index (κ3) is 4.18. The fraction of sp³-hybridized carbons (Fsp3) is 0.409. The molecular weight excluding hydrogens is 368 g/mol. The van der Waals surface area contributed by atoms with Crippen LogP contribution in [-0.4, -0.2) is 56.0 Å². The van der Waals surface area contributed by atoms with Gasteiger partial charge in [0.25, 0.3) is 5.82 Å². The van der Waals surface area contributed by atoms with Crippen LogP contribution in [0.25, 0.3) is 0 Å². The predicted octanol–water partition coefficient (Wildman–Crippen LogP) is 1.60. The number of hydrogen-bond acceptors (Lipinski definition) is 4. The van der Waals surface area contributed by atoms with Crippen LogP contribution in [-0.2, 0) is 9.59 Å². The van der Waals surface area contributed by atoms with Crippen LogP contribution >= 0.6 is 0 Å². The van der Waals surface area contributed by atoms with E-state index < -0.39 is 0 Å². The molecule has 4 rings (SSSR count). The van der Waals surface area contributed by atoms with E-state index in [1.807, 2.05) is 60.5 Å². The molecule has 29 heavy (non-hydrogen) atoms. The van der Waals surface area contributed by atoms with E-state index in [0.29, 0.717) is 26.2 Å². The van der Waals surface area contributed by atoms with Gasteiger partial charge >= 0.3 is 0 Å². The Labute approximate surface area is 170 Å². The zero-order valence-corrected chi connectivity index (χ0v) is 16.7. The largest absolute Gasteiger partial charge is 0.494 e. The summed E-state index contributed by atoms with van der Waals surface area (Å²) in [6, 6.07) is 13.5. The van der Waals surface area contributed by atoms with Gasteiger partial charge in [0.1, 0.15) is 18.8 Å². The van der Waals surface area contributed by atoms with Crippen LogP contribution in [0.15, 0.2) is 48.7 Å². The number of benzene rings is 1. The lowest BCUT2D eigenvalue weighted by molar-refractivity contribution is -0.364. The van der Waals surface area contributed by atoms with Crippen molar-refractivity contribution in [1.82, 2.24) is 4.90 Å². The monoisotopic (exact) mass is 395 g/mol. The number of H-pyrrole nitrogens is 1. The Morgan fingerprint density at radius 2 is 1.86 bits per heavy atom. The number of carbonyl (C=O) groups is 2. The van der Waals surface area contributed by atoms with Crippen molar-refractivity contribution >= 4 is 23.3 Å². The molecule has 2 aliphatic heterocycles. The molecule has 0 saturated carbocycles. The molecule has 1 aromatic carbocycles. The summed E-state index contributed by atoms with van der Waals surface area (Å²) in [5.74, 6) is 1.67. The standard InChI is InChI=1S/C22H26N4O3/c1-2-29-19-8-6-18(7-9-19)26-16-17(15-21(26)27)22(28)25-13-11-24(12-14-25)20-5-3-4-10-23-20/h3-10,17H,2,11-16H2,1H3/p+1/t17-/m0/s1. The summed E-state index contributed by atoms with van der Waals surface area (Å²) in [6.45, 7) is 5.91. The summed E-state index contributed by atoms with van der Waals surface area (Å²) >= 11 is 0. The average Bonchev–Trinajstić information content (AvgIpc) is 3.16. The molecule has 7 heteroatoms. The first-order valence-electron chi connectivity index (χ1n) is 10.2. The maximum Gasteiger partial charge on any atom is 0.274 e. The third-order valence-electron chi connectivity index (χ3n) is 5.56. The number of aromatic amines is 1. The minimum Gasteiger partial charge on any atom is -0.494 e. The highest BCUT2D eigenvalue weighted by Gasteiger charge is 2.38. The lowest BCUT2D eigenvalue weighted by Crippen LogP contribution is -2.51. The van der Waals surface area contributed by atoms with Gasteiger partial charge in [-0.2, -0.15) is 0 Å².